The molecule has 0 aromatic heterocycles. The van der Waals surface area contributed by atoms with Crippen LogP contribution in [0.3, 0.4) is 0 Å². The van der Waals surface area contributed by atoms with Crippen molar-refractivity contribution in [3.63, 3.8) is 0 Å². The minimum Gasteiger partial charge on any atom is -0.381 e. The van der Waals surface area contributed by atoms with Crippen LogP contribution < -0.4 is 0 Å². The van der Waals surface area contributed by atoms with Gasteiger partial charge in [-0.2, -0.15) is 0 Å². The molecule has 0 fully saturated rings. The van der Waals surface area contributed by atoms with Gasteiger partial charge in [0.1, 0.15) is 0 Å². The second-order valence-corrected chi connectivity index (χ2v) is 4.52. The molecule has 0 saturated heterocycles. The minimum atomic E-state index is 0.0217. The van der Waals surface area contributed by atoms with Crippen LogP contribution in [0.5, 0.6) is 0 Å². The summed E-state index contributed by atoms with van der Waals surface area (Å²) in [6.45, 7) is 3.00. The topological polar surface area (TPSA) is 24.8 Å². The lowest BCUT2D eigenvalue weighted by molar-refractivity contribution is 0.135. The van der Waals surface area contributed by atoms with Crippen molar-refractivity contribution in [2.45, 2.75) is 25.2 Å². The maximum absolute atomic E-state index is 5.04. The summed E-state index contributed by atoms with van der Waals surface area (Å²) in [5.74, 6) is 0. The number of oxime groups is 1. The first-order valence-electron chi connectivity index (χ1n) is 4.29. The lowest BCUT2D eigenvalue weighted by Crippen LogP contribution is -2.12. The lowest BCUT2D eigenvalue weighted by atomic mass is 10.3. The molecule has 0 rings (SSSR count). The minimum absolute atomic E-state index is 0.0217. The predicted molar refractivity (Wildman–Crippen MR) is 63.4 cm³/mol. The summed E-state index contributed by atoms with van der Waals surface area (Å²) in [5, 5.41) is 3.83. The zero-order valence-corrected chi connectivity index (χ0v) is 10.1. The summed E-state index contributed by atoms with van der Waals surface area (Å²) >= 11 is 4.00. The van der Waals surface area contributed by atoms with E-state index in [0.29, 0.717) is 0 Å². The number of hydrogen-bond donors (Lipinski definition) is 1. The van der Waals surface area contributed by atoms with Gasteiger partial charge in [0, 0.05) is 6.21 Å². The Morgan fingerprint density at radius 1 is 1.62 bits per heavy atom. The molecule has 1 atom stereocenters. The van der Waals surface area contributed by atoms with Crippen molar-refractivity contribution in [1.82, 2.24) is 4.90 Å². The molecule has 0 bridgehead atoms. The van der Waals surface area contributed by atoms with Crippen LogP contribution in [0.2, 0.25) is 0 Å². The van der Waals surface area contributed by atoms with Gasteiger partial charge in [0.2, 0.25) is 0 Å². The van der Waals surface area contributed by atoms with Crippen LogP contribution in [0.15, 0.2) is 5.16 Å². The van der Waals surface area contributed by atoms with Crippen molar-refractivity contribution >= 4 is 28.7 Å². The van der Waals surface area contributed by atoms with Gasteiger partial charge in [0.15, 0.2) is 5.44 Å². The van der Waals surface area contributed by atoms with Gasteiger partial charge in [-0.1, -0.05) is 15.9 Å². The molecule has 0 amide bonds. The monoisotopic (exact) mass is 222 g/mol. The first-order valence-corrected chi connectivity index (χ1v) is 6.22. The molecule has 78 valence electrons. The highest BCUT2D eigenvalue weighted by Crippen LogP contribution is 2.14. The van der Waals surface area contributed by atoms with E-state index in [9.17, 15) is 0 Å². The van der Waals surface area contributed by atoms with Crippen LogP contribution >= 0.6 is 22.5 Å². The van der Waals surface area contributed by atoms with E-state index >= 15 is 0 Å². The van der Waals surface area contributed by atoms with Crippen molar-refractivity contribution in [3.05, 3.63) is 0 Å². The van der Waals surface area contributed by atoms with Crippen molar-refractivity contribution in [1.29, 1.82) is 0 Å². The van der Waals surface area contributed by atoms with Gasteiger partial charge in [0.25, 0.3) is 0 Å². The summed E-state index contributed by atoms with van der Waals surface area (Å²) in [7, 11) is 5.47. The van der Waals surface area contributed by atoms with Crippen molar-refractivity contribution in [2.75, 3.05) is 20.6 Å². The van der Waals surface area contributed by atoms with E-state index in [1.54, 1.807) is 0 Å². The quantitative estimate of drug-likeness (QED) is 0.179. The van der Waals surface area contributed by atoms with E-state index in [4.69, 9.17) is 4.84 Å². The Hall–Kier alpha value is 0.130. The molecule has 5 heteroatoms. The summed E-state index contributed by atoms with van der Waals surface area (Å²) in [6, 6.07) is 0. The molecule has 0 aromatic carbocycles. The van der Waals surface area contributed by atoms with Crippen LogP contribution in [0.25, 0.3) is 0 Å². The molecule has 0 aliphatic rings. The fourth-order valence-electron chi connectivity index (χ4n) is 0.699. The summed E-state index contributed by atoms with van der Waals surface area (Å²) in [5.41, 5.74) is 0.0217. The Morgan fingerprint density at radius 2 is 2.31 bits per heavy atom. The molecule has 0 aliphatic heterocycles. The third-order valence-electron chi connectivity index (χ3n) is 1.37. The fourth-order valence-corrected chi connectivity index (χ4v) is 0.903. The van der Waals surface area contributed by atoms with E-state index < -0.39 is 0 Å². The van der Waals surface area contributed by atoms with Crippen LogP contribution in [0.1, 0.15) is 19.8 Å². The molecule has 0 aromatic rings. The molecule has 0 spiro atoms. The molecular formula is C8H18N2OS2. The SMILES string of the molecule is CC(O/N=C\CCCN(C)C)SS. The van der Waals surface area contributed by atoms with Crippen molar-refractivity contribution < 1.29 is 4.84 Å². The van der Waals surface area contributed by atoms with Crippen LogP contribution in [0, 0.1) is 0 Å². The van der Waals surface area contributed by atoms with E-state index in [1.165, 1.54) is 10.8 Å². The fraction of sp³-hybridized carbons (Fsp3) is 0.875. The highest BCUT2D eigenvalue weighted by molar-refractivity contribution is 8.68. The molecular weight excluding hydrogens is 204 g/mol. The predicted octanol–water partition coefficient (Wildman–Crippen LogP) is 2.25. The van der Waals surface area contributed by atoms with E-state index in [0.717, 1.165) is 19.4 Å². The van der Waals surface area contributed by atoms with Gasteiger partial charge >= 0.3 is 0 Å². The zero-order valence-electron chi connectivity index (χ0n) is 8.43. The maximum Gasteiger partial charge on any atom is 0.179 e. The van der Waals surface area contributed by atoms with Gasteiger partial charge in [-0.25, -0.2) is 0 Å². The third kappa shape index (κ3) is 10.0. The molecule has 1 unspecified atom stereocenters. The average molecular weight is 222 g/mol. The molecule has 3 nitrogen and oxygen atoms in total. The van der Waals surface area contributed by atoms with Gasteiger partial charge in [-0.3, -0.25) is 0 Å². The zero-order chi connectivity index (χ0) is 10.1. The standard InChI is InChI=1S/C8H18N2OS2/c1-8(13-12)11-9-6-4-5-7-10(2)3/h6,8,12H,4-5,7H2,1-3H3/b9-6-. The summed E-state index contributed by atoms with van der Waals surface area (Å²) in [4.78, 5) is 7.19. The van der Waals surface area contributed by atoms with Gasteiger partial charge in [-0.15, -0.1) is 11.7 Å². The summed E-state index contributed by atoms with van der Waals surface area (Å²) in [6.07, 6.45) is 3.88. The molecule has 0 N–H and O–H groups in total. The van der Waals surface area contributed by atoms with Gasteiger partial charge in [-0.05, 0) is 40.4 Å². The Balaban J connectivity index is 3.22. The Kier molecular flexibility index (Phi) is 8.80. The van der Waals surface area contributed by atoms with Gasteiger partial charge in [0.05, 0.1) is 0 Å². The Labute approximate surface area is 89.7 Å². The average Bonchev–Trinajstić information content (AvgIpc) is 2.10. The van der Waals surface area contributed by atoms with Gasteiger partial charge < -0.3 is 9.74 Å². The van der Waals surface area contributed by atoms with Crippen LogP contribution in [-0.2, 0) is 4.84 Å². The van der Waals surface area contributed by atoms with Crippen molar-refractivity contribution in [3.8, 4) is 0 Å². The number of thiol groups is 1. The second-order valence-electron chi connectivity index (χ2n) is 3.01. The van der Waals surface area contributed by atoms with E-state index in [-0.39, 0.29) is 5.44 Å². The number of hydrogen-bond acceptors (Lipinski definition) is 5. The largest absolute Gasteiger partial charge is 0.381 e. The first-order chi connectivity index (χ1) is 6.16. The smallest absolute Gasteiger partial charge is 0.179 e. The molecule has 0 aliphatic carbocycles. The second kappa shape index (κ2) is 8.72. The molecule has 0 heterocycles. The number of nitrogens with zero attached hydrogens (tertiary/aromatic N) is 2. The van der Waals surface area contributed by atoms with Crippen LogP contribution in [-0.4, -0.2) is 37.2 Å². The third-order valence-corrected chi connectivity index (χ3v) is 2.64. The van der Waals surface area contributed by atoms with Crippen LogP contribution in [0.4, 0.5) is 0 Å². The van der Waals surface area contributed by atoms with E-state index in [1.807, 2.05) is 13.1 Å². The van der Waals surface area contributed by atoms with Crippen molar-refractivity contribution in [2.24, 2.45) is 5.16 Å². The molecule has 0 saturated carbocycles. The maximum atomic E-state index is 5.04. The first kappa shape index (κ1) is 13.1. The molecule has 0 radical (unpaired) electrons. The highest BCUT2D eigenvalue weighted by Gasteiger charge is 1.95. The molecule has 13 heavy (non-hydrogen) atoms. The number of rotatable bonds is 7. The summed E-state index contributed by atoms with van der Waals surface area (Å²) < 4.78 is 0. The Bertz CT molecular complexity index is 142. The van der Waals surface area contributed by atoms with E-state index in [2.05, 4.69) is 35.8 Å². The number of unbranched alkanes of at least 4 members (excludes halogenated alkanes) is 1. The highest BCUT2D eigenvalue weighted by atomic mass is 33.1. The lowest BCUT2D eigenvalue weighted by Gasteiger charge is -2.07. The normalized spacial score (nSPS) is 13.9. The Morgan fingerprint density at radius 3 is 2.85 bits per heavy atom.